The SMILES string of the molecule is [CH2]C(O)N(C)C[SH](=O)=O. The topological polar surface area (TPSA) is 57.6 Å². The molecule has 0 saturated heterocycles. The van der Waals surface area contributed by atoms with E-state index in [1.54, 1.807) is 0 Å². The number of aliphatic hydroxyl groups excluding tert-OH is 1. The van der Waals surface area contributed by atoms with Gasteiger partial charge < -0.3 is 5.11 Å². The van der Waals surface area contributed by atoms with E-state index in [4.69, 9.17) is 5.11 Å². The second-order valence-corrected chi connectivity index (χ2v) is 2.66. The Morgan fingerprint density at radius 3 is 2.33 bits per heavy atom. The second kappa shape index (κ2) is 3.81. The van der Waals surface area contributed by atoms with Crippen LogP contribution in [-0.4, -0.2) is 37.6 Å². The summed E-state index contributed by atoms with van der Waals surface area (Å²) in [5.41, 5.74) is 0. The van der Waals surface area contributed by atoms with Crippen LogP contribution in [0.1, 0.15) is 0 Å². The molecule has 55 valence electrons. The lowest BCUT2D eigenvalue weighted by Gasteiger charge is -2.15. The van der Waals surface area contributed by atoms with Crippen LogP contribution in [0.4, 0.5) is 0 Å². The summed E-state index contributed by atoms with van der Waals surface area (Å²) >= 11 is 0. The molecule has 0 aliphatic carbocycles. The molecule has 0 fully saturated rings. The fourth-order valence-corrected chi connectivity index (χ4v) is 0.829. The van der Waals surface area contributed by atoms with Crippen molar-refractivity contribution in [3.8, 4) is 0 Å². The Kier molecular flexibility index (Phi) is 3.76. The van der Waals surface area contributed by atoms with Crippen molar-refractivity contribution in [3.05, 3.63) is 6.92 Å². The summed E-state index contributed by atoms with van der Waals surface area (Å²) in [6.07, 6.45) is -0.946. The predicted octanol–water partition coefficient (Wildman–Crippen LogP) is -1.36. The highest BCUT2D eigenvalue weighted by molar-refractivity contribution is 7.72. The molecule has 4 nitrogen and oxygen atoms in total. The van der Waals surface area contributed by atoms with Gasteiger partial charge in [-0.25, -0.2) is 8.42 Å². The normalized spacial score (nSPS) is 14.8. The molecule has 0 bridgehead atoms. The van der Waals surface area contributed by atoms with Gasteiger partial charge in [-0.1, -0.05) is 0 Å². The third-order valence-electron chi connectivity index (χ3n) is 0.847. The summed E-state index contributed by atoms with van der Waals surface area (Å²) in [5.74, 6) is -0.153. The Labute approximate surface area is 56.0 Å². The van der Waals surface area contributed by atoms with Crippen LogP contribution in [-0.2, 0) is 10.7 Å². The highest BCUT2D eigenvalue weighted by Crippen LogP contribution is 1.87. The molecule has 0 aromatic heterocycles. The maximum absolute atomic E-state index is 9.97. The van der Waals surface area contributed by atoms with Crippen molar-refractivity contribution in [2.75, 3.05) is 12.9 Å². The number of aliphatic hydroxyl groups is 1. The van der Waals surface area contributed by atoms with Gasteiger partial charge >= 0.3 is 0 Å². The maximum Gasteiger partial charge on any atom is 0.153 e. The van der Waals surface area contributed by atoms with Crippen LogP contribution in [0.5, 0.6) is 0 Å². The van der Waals surface area contributed by atoms with Gasteiger partial charge in [0.25, 0.3) is 0 Å². The summed E-state index contributed by atoms with van der Waals surface area (Å²) in [6, 6.07) is 0. The van der Waals surface area contributed by atoms with Crippen LogP contribution in [0.15, 0.2) is 0 Å². The van der Waals surface area contributed by atoms with Crippen molar-refractivity contribution in [1.29, 1.82) is 0 Å². The number of hydrogen-bond acceptors (Lipinski definition) is 4. The maximum atomic E-state index is 9.97. The highest BCUT2D eigenvalue weighted by Gasteiger charge is 2.03. The summed E-state index contributed by atoms with van der Waals surface area (Å²) in [6.45, 7) is 3.21. The molecule has 0 saturated carbocycles. The molecule has 1 radical (unpaired) electrons. The molecule has 0 aliphatic rings. The van der Waals surface area contributed by atoms with Crippen molar-refractivity contribution in [3.63, 3.8) is 0 Å². The first-order valence-corrected chi connectivity index (χ1v) is 3.73. The standard InChI is InChI=1S/C4H10NO3S/c1-4(6)5(2)3-9(7)8/h4,6,9H,1,3H2,2H3. The van der Waals surface area contributed by atoms with Gasteiger partial charge in [0.15, 0.2) is 10.7 Å². The van der Waals surface area contributed by atoms with Crippen molar-refractivity contribution < 1.29 is 13.5 Å². The van der Waals surface area contributed by atoms with Gasteiger partial charge in [0.05, 0.1) is 0 Å². The molecule has 0 aromatic rings. The van der Waals surface area contributed by atoms with E-state index in [1.165, 1.54) is 11.9 Å². The Balaban J connectivity index is 3.63. The third kappa shape index (κ3) is 4.38. The molecule has 5 heteroatoms. The van der Waals surface area contributed by atoms with Gasteiger partial charge in [0.2, 0.25) is 0 Å². The fraction of sp³-hybridized carbons (Fsp3) is 0.750. The summed E-state index contributed by atoms with van der Waals surface area (Å²) in [4.78, 5) is 1.21. The zero-order valence-electron chi connectivity index (χ0n) is 5.15. The van der Waals surface area contributed by atoms with Crippen molar-refractivity contribution in [2.24, 2.45) is 0 Å². The highest BCUT2D eigenvalue weighted by atomic mass is 32.2. The average molecular weight is 152 g/mol. The van der Waals surface area contributed by atoms with Crippen LogP contribution >= 0.6 is 0 Å². The van der Waals surface area contributed by atoms with Crippen molar-refractivity contribution in [2.45, 2.75) is 6.23 Å². The quantitative estimate of drug-likeness (QED) is 0.387. The fourth-order valence-electron chi connectivity index (χ4n) is 0.276. The predicted molar refractivity (Wildman–Crippen MR) is 34.3 cm³/mol. The van der Waals surface area contributed by atoms with E-state index >= 15 is 0 Å². The van der Waals surface area contributed by atoms with Gasteiger partial charge in [0, 0.05) is 0 Å². The summed E-state index contributed by atoms with van der Waals surface area (Å²) in [5, 5.41) is 8.62. The first kappa shape index (κ1) is 8.87. The smallest absolute Gasteiger partial charge is 0.153 e. The molecule has 0 heterocycles. The molecule has 0 amide bonds. The van der Waals surface area contributed by atoms with E-state index < -0.39 is 16.9 Å². The molecular weight excluding hydrogens is 142 g/mol. The molecular formula is C4H10NO3S. The Morgan fingerprint density at radius 1 is 1.78 bits per heavy atom. The lowest BCUT2D eigenvalue weighted by molar-refractivity contribution is 0.0750. The van der Waals surface area contributed by atoms with Crippen LogP contribution in [0.25, 0.3) is 0 Å². The van der Waals surface area contributed by atoms with E-state index in [-0.39, 0.29) is 5.88 Å². The molecule has 1 atom stereocenters. The van der Waals surface area contributed by atoms with Crippen LogP contribution < -0.4 is 0 Å². The van der Waals surface area contributed by atoms with Crippen molar-refractivity contribution >= 4 is 10.7 Å². The number of nitrogens with zero attached hydrogens (tertiary/aromatic N) is 1. The molecule has 9 heavy (non-hydrogen) atoms. The van der Waals surface area contributed by atoms with E-state index in [0.717, 1.165) is 0 Å². The zero-order chi connectivity index (χ0) is 7.44. The average Bonchev–Trinajstić information content (AvgIpc) is 1.63. The zero-order valence-corrected chi connectivity index (χ0v) is 6.04. The first-order valence-electron chi connectivity index (χ1n) is 2.37. The number of thiol groups is 1. The van der Waals surface area contributed by atoms with Crippen molar-refractivity contribution in [1.82, 2.24) is 4.90 Å². The monoisotopic (exact) mass is 152 g/mol. The number of hydrogen-bond donors (Lipinski definition) is 2. The van der Waals surface area contributed by atoms with E-state index in [0.29, 0.717) is 0 Å². The van der Waals surface area contributed by atoms with E-state index in [1.807, 2.05) is 0 Å². The Morgan fingerprint density at radius 2 is 2.22 bits per heavy atom. The molecule has 1 unspecified atom stereocenters. The minimum atomic E-state index is -2.45. The van der Waals surface area contributed by atoms with E-state index in [9.17, 15) is 8.42 Å². The molecule has 0 rings (SSSR count). The minimum absolute atomic E-state index is 0.153. The first-order chi connectivity index (χ1) is 4.04. The third-order valence-corrected chi connectivity index (χ3v) is 1.52. The van der Waals surface area contributed by atoms with Gasteiger partial charge in [0.1, 0.15) is 12.1 Å². The Bertz CT molecular complexity index is 135. The largest absolute Gasteiger partial charge is 0.378 e. The second-order valence-electron chi connectivity index (χ2n) is 1.71. The Hall–Kier alpha value is -0.130. The van der Waals surface area contributed by atoms with E-state index in [2.05, 4.69) is 6.92 Å². The molecule has 1 N–H and O–H groups in total. The minimum Gasteiger partial charge on any atom is -0.378 e. The van der Waals surface area contributed by atoms with Crippen LogP contribution in [0.3, 0.4) is 0 Å². The van der Waals surface area contributed by atoms with Gasteiger partial charge in [-0.2, -0.15) is 0 Å². The molecule has 0 aromatic carbocycles. The summed E-state index contributed by atoms with van der Waals surface area (Å²) < 4.78 is 19.9. The lowest BCUT2D eigenvalue weighted by Crippen LogP contribution is -2.30. The van der Waals surface area contributed by atoms with Gasteiger partial charge in [-0.3, -0.25) is 4.90 Å². The van der Waals surface area contributed by atoms with Crippen LogP contribution in [0.2, 0.25) is 0 Å². The molecule has 0 spiro atoms. The van der Waals surface area contributed by atoms with Gasteiger partial charge in [-0.05, 0) is 14.0 Å². The molecule has 0 aliphatic heterocycles. The lowest BCUT2D eigenvalue weighted by atomic mass is 10.6. The van der Waals surface area contributed by atoms with Gasteiger partial charge in [-0.15, -0.1) is 0 Å². The number of rotatable bonds is 3. The van der Waals surface area contributed by atoms with Crippen LogP contribution in [0, 0.1) is 6.92 Å². The summed E-state index contributed by atoms with van der Waals surface area (Å²) in [7, 11) is -0.971.